The molecule has 1 saturated carbocycles. The number of aromatic nitrogens is 4. The third-order valence-corrected chi connectivity index (χ3v) is 6.59. The van der Waals surface area contributed by atoms with E-state index in [2.05, 4.69) is 33.5 Å². The van der Waals surface area contributed by atoms with Gasteiger partial charge in [-0.2, -0.15) is 0 Å². The van der Waals surface area contributed by atoms with Gasteiger partial charge in [0.2, 0.25) is 5.91 Å². The first-order valence-electron chi connectivity index (χ1n) is 10.6. The Labute approximate surface area is 191 Å². The Morgan fingerprint density at radius 1 is 1.03 bits per heavy atom. The highest BCUT2D eigenvalue weighted by Gasteiger charge is 2.31. The van der Waals surface area contributed by atoms with Crippen LogP contribution in [-0.4, -0.2) is 31.7 Å². The highest BCUT2D eigenvalue weighted by Crippen LogP contribution is 2.38. The van der Waals surface area contributed by atoms with Gasteiger partial charge in [0.15, 0.2) is 11.0 Å². The third kappa shape index (κ3) is 4.29. The molecule has 2 aromatic carbocycles. The molecule has 0 spiro atoms. The number of carbonyl (C=O) groups is 1. The van der Waals surface area contributed by atoms with Gasteiger partial charge in [-0.25, -0.2) is 0 Å². The van der Waals surface area contributed by atoms with Crippen molar-refractivity contribution in [3.05, 3.63) is 90.3 Å². The molecule has 1 unspecified atom stereocenters. The smallest absolute Gasteiger partial charge is 0.238 e. The van der Waals surface area contributed by atoms with Gasteiger partial charge in [-0.3, -0.25) is 14.3 Å². The zero-order valence-corrected chi connectivity index (χ0v) is 18.5. The van der Waals surface area contributed by atoms with Gasteiger partial charge in [-0.05, 0) is 49.1 Å². The number of nitrogens with one attached hydrogen (secondary N) is 1. The molecule has 0 bridgehead atoms. The molecule has 1 atom stereocenters. The number of carbonyl (C=O) groups excluding carboxylic acids is 1. The Balaban J connectivity index is 1.59. The number of para-hydroxylation sites is 1. The number of hydrogen-bond acceptors (Lipinski definition) is 5. The van der Waals surface area contributed by atoms with Gasteiger partial charge in [0.05, 0.1) is 5.69 Å². The van der Waals surface area contributed by atoms with Crippen molar-refractivity contribution in [3.63, 3.8) is 0 Å². The SMILES string of the molecule is Cc1ccccc1-n1c(SC(C(=O)NC2CC2)c2ccccc2)nnc1-c1cccnc1. The Bertz CT molecular complexity index is 1220. The molecule has 7 heteroatoms. The van der Waals surface area contributed by atoms with Crippen LogP contribution in [0.3, 0.4) is 0 Å². The van der Waals surface area contributed by atoms with E-state index in [1.807, 2.05) is 65.2 Å². The maximum atomic E-state index is 13.2. The minimum Gasteiger partial charge on any atom is -0.352 e. The molecule has 0 radical (unpaired) electrons. The summed E-state index contributed by atoms with van der Waals surface area (Å²) in [7, 11) is 0. The van der Waals surface area contributed by atoms with Gasteiger partial charge in [0.1, 0.15) is 5.25 Å². The van der Waals surface area contributed by atoms with Crippen LogP contribution in [0.2, 0.25) is 0 Å². The van der Waals surface area contributed by atoms with Crippen LogP contribution in [0.5, 0.6) is 0 Å². The average Bonchev–Trinajstić information content (AvgIpc) is 3.55. The van der Waals surface area contributed by atoms with Crippen LogP contribution in [0.15, 0.2) is 84.3 Å². The van der Waals surface area contributed by atoms with Crippen molar-refractivity contribution in [2.45, 2.75) is 36.2 Å². The molecule has 32 heavy (non-hydrogen) atoms. The van der Waals surface area contributed by atoms with E-state index in [0.717, 1.165) is 35.2 Å². The van der Waals surface area contributed by atoms with Crippen molar-refractivity contribution in [1.29, 1.82) is 0 Å². The van der Waals surface area contributed by atoms with Crippen molar-refractivity contribution in [2.24, 2.45) is 0 Å². The van der Waals surface area contributed by atoms with E-state index in [9.17, 15) is 4.79 Å². The van der Waals surface area contributed by atoms with Crippen molar-refractivity contribution >= 4 is 17.7 Å². The molecule has 1 N–H and O–H groups in total. The summed E-state index contributed by atoms with van der Waals surface area (Å²) in [5, 5.41) is 12.4. The van der Waals surface area contributed by atoms with Gasteiger partial charge >= 0.3 is 0 Å². The van der Waals surface area contributed by atoms with E-state index in [0.29, 0.717) is 11.0 Å². The summed E-state index contributed by atoms with van der Waals surface area (Å²) in [6.45, 7) is 2.06. The molecular weight excluding hydrogens is 418 g/mol. The van der Waals surface area contributed by atoms with Crippen LogP contribution < -0.4 is 5.32 Å². The topological polar surface area (TPSA) is 72.7 Å². The van der Waals surface area contributed by atoms with E-state index < -0.39 is 5.25 Å². The number of rotatable bonds is 7. The predicted molar refractivity (Wildman–Crippen MR) is 126 cm³/mol. The molecule has 1 aliphatic carbocycles. The zero-order valence-electron chi connectivity index (χ0n) is 17.7. The minimum absolute atomic E-state index is 0.00552. The Hall–Kier alpha value is -3.45. The van der Waals surface area contributed by atoms with Gasteiger partial charge < -0.3 is 5.32 Å². The molecule has 1 amide bonds. The van der Waals surface area contributed by atoms with Crippen molar-refractivity contribution < 1.29 is 4.79 Å². The summed E-state index contributed by atoms with van der Waals surface area (Å²) in [4.78, 5) is 17.4. The zero-order chi connectivity index (χ0) is 21.9. The maximum absolute atomic E-state index is 13.2. The monoisotopic (exact) mass is 441 g/mol. The fourth-order valence-electron chi connectivity index (χ4n) is 3.57. The van der Waals surface area contributed by atoms with Crippen LogP contribution in [-0.2, 0) is 4.79 Å². The van der Waals surface area contributed by atoms with Gasteiger partial charge in [0.25, 0.3) is 0 Å². The molecule has 2 heterocycles. The quantitative estimate of drug-likeness (QED) is 0.419. The van der Waals surface area contributed by atoms with Crippen molar-refractivity contribution in [2.75, 3.05) is 0 Å². The third-order valence-electron chi connectivity index (χ3n) is 5.40. The number of benzene rings is 2. The number of hydrogen-bond donors (Lipinski definition) is 1. The standard InChI is InChI=1S/C25H23N5OS/c1-17-8-5-6-12-21(17)30-23(19-11-7-15-26-16-19)28-29-25(30)32-22(18-9-3-2-4-10-18)24(31)27-20-13-14-20/h2-12,15-16,20,22H,13-14H2,1H3,(H,27,31). The fourth-order valence-corrected chi connectivity index (χ4v) is 4.63. The molecule has 5 rings (SSSR count). The molecule has 0 aliphatic heterocycles. The summed E-state index contributed by atoms with van der Waals surface area (Å²) in [5.74, 6) is 0.704. The van der Waals surface area contributed by atoms with Crippen LogP contribution >= 0.6 is 11.8 Å². The van der Waals surface area contributed by atoms with E-state index in [-0.39, 0.29) is 11.9 Å². The summed E-state index contributed by atoms with van der Waals surface area (Å²) in [6.07, 6.45) is 5.61. The van der Waals surface area contributed by atoms with Crippen LogP contribution in [0.25, 0.3) is 17.1 Å². The molecule has 4 aromatic rings. The Morgan fingerprint density at radius 2 is 1.81 bits per heavy atom. The summed E-state index contributed by atoms with van der Waals surface area (Å²) in [5.41, 5.74) is 3.89. The van der Waals surface area contributed by atoms with Crippen molar-refractivity contribution in [1.82, 2.24) is 25.1 Å². The predicted octanol–water partition coefficient (Wildman–Crippen LogP) is 4.75. The fraction of sp³-hybridized carbons (Fsp3) is 0.200. The van der Waals surface area contributed by atoms with Gasteiger partial charge in [-0.1, -0.05) is 60.3 Å². The lowest BCUT2D eigenvalue weighted by Crippen LogP contribution is -2.30. The number of nitrogens with zero attached hydrogens (tertiary/aromatic N) is 4. The number of thioether (sulfide) groups is 1. The molecular formula is C25H23N5OS. The van der Waals surface area contributed by atoms with E-state index in [4.69, 9.17) is 0 Å². The normalized spacial score (nSPS) is 14.2. The molecule has 6 nitrogen and oxygen atoms in total. The van der Waals surface area contributed by atoms with E-state index in [1.54, 1.807) is 12.4 Å². The summed E-state index contributed by atoms with van der Waals surface area (Å²) >= 11 is 1.42. The average molecular weight is 442 g/mol. The Kier molecular flexibility index (Phi) is 5.73. The first-order valence-corrected chi connectivity index (χ1v) is 11.5. The minimum atomic E-state index is -0.425. The van der Waals surface area contributed by atoms with Gasteiger partial charge in [-0.15, -0.1) is 10.2 Å². The molecule has 1 aliphatic rings. The number of aryl methyl sites for hydroxylation is 1. The Morgan fingerprint density at radius 3 is 2.53 bits per heavy atom. The second-order valence-corrected chi connectivity index (χ2v) is 8.93. The highest BCUT2D eigenvalue weighted by molar-refractivity contribution is 8.00. The summed E-state index contributed by atoms with van der Waals surface area (Å²) in [6, 6.07) is 22.1. The first-order chi connectivity index (χ1) is 15.7. The van der Waals surface area contributed by atoms with Crippen LogP contribution in [0.1, 0.15) is 29.2 Å². The second kappa shape index (κ2) is 8.96. The molecule has 2 aromatic heterocycles. The summed E-state index contributed by atoms with van der Waals surface area (Å²) < 4.78 is 2.03. The van der Waals surface area contributed by atoms with Crippen LogP contribution in [0, 0.1) is 6.92 Å². The molecule has 160 valence electrons. The second-order valence-electron chi connectivity index (χ2n) is 7.86. The number of pyridine rings is 1. The number of amides is 1. The molecule has 1 fully saturated rings. The lowest BCUT2D eigenvalue weighted by Gasteiger charge is -2.18. The van der Waals surface area contributed by atoms with E-state index in [1.165, 1.54) is 11.8 Å². The first kappa shape index (κ1) is 20.5. The maximum Gasteiger partial charge on any atom is 0.238 e. The largest absolute Gasteiger partial charge is 0.352 e. The highest BCUT2D eigenvalue weighted by atomic mass is 32.2. The van der Waals surface area contributed by atoms with E-state index >= 15 is 0 Å². The van der Waals surface area contributed by atoms with Crippen molar-refractivity contribution in [3.8, 4) is 17.1 Å². The van der Waals surface area contributed by atoms with Gasteiger partial charge in [0, 0.05) is 24.0 Å². The molecule has 0 saturated heterocycles. The lowest BCUT2D eigenvalue weighted by molar-refractivity contribution is -0.120. The van der Waals surface area contributed by atoms with Crippen LogP contribution in [0.4, 0.5) is 0 Å². The lowest BCUT2D eigenvalue weighted by atomic mass is 10.1.